The zero-order chi connectivity index (χ0) is 11.6. The highest BCUT2D eigenvalue weighted by atomic mass is 32.1. The van der Waals surface area contributed by atoms with E-state index in [4.69, 9.17) is 5.11 Å². The van der Waals surface area contributed by atoms with Crippen molar-refractivity contribution < 1.29 is 13.9 Å². The molecule has 86 valence electrons. The molecule has 0 fully saturated rings. The van der Waals surface area contributed by atoms with Crippen LogP contribution in [0, 0.1) is 0 Å². The number of aromatic nitrogens is 1. The molecule has 0 amide bonds. The van der Waals surface area contributed by atoms with Gasteiger partial charge in [0.25, 0.3) is 5.92 Å². The number of aliphatic hydroxyl groups is 1. The fourth-order valence-electron chi connectivity index (χ4n) is 1.30. The topological polar surface area (TPSA) is 45.1 Å². The fraction of sp³-hybridized carbons (Fsp3) is 0.300. The molecule has 2 rings (SSSR count). The molecule has 3 nitrogen and oxygen atoms in total. The summed E-state index contributed by atoms with van der Waals surface area (Å²) in [6.45, 7) is -1.79. The second kappa shape index (κ2) is 4.31. The molecule has 0 aliphatic carbocycles. The summed E-state index contributed by atoms with van der Waals surface area (Å²) in [6, 6.07) is 3.65. The van der Waals surface area contributed by atoms with Crippen molar-refractivity contribution >= 4 is 27.2 Å². The number of thiophene rings is 1. The Morgan fingerprint density at radius 1 is 1.44 bits per heavy atom. The number of hydrogen-bond acceptors (Lipinski definition) is 4. The summed E-state index contributed by atoms with van der Waals surface area (Å²) in [5.41, 5.74) is 0. The first-order valence-electron chi connectivity index (χ1n) is 4.67. The second-order valence-corrected chi connectivity index (χ2v) is 4.31. The van der Waals surface area contributed by atoms with Crippen LogP contribution in [0.15, 0.2) is 23.7 Å². The smallest absolute Gasteiger partial charge is 0.287 e. The highest BCUT2D eigenvalue weighted by Crippen LogP contribution is 2.26. The average Bonchev–Trinajstić information content (AvgIpc) is 2.75. The van der Waals surface area contributed by atoms with E-state index in [-0.39, 0.29) is 0 Å². The number of hydrogen-bond donors (Lipinski definition) is 2. The van der Waals surface area contributed by atoms with E-state index in [9.17, 15) is 8.78 Å². The lowest BCUT2D eigenvalue weighted by molar-refractivity contribution is -0.0373. The number of anilines is 1. The fourth-order valence-corrected chi connectivity index (χ4v) is 2.09. The lowest BCUT2D eigenvalue weighted by Crippen LogP contribution is -2.31. The van der Waals surface area contributed by atoms with Crippen LogP contribution in [0.1, 0.15) is 0 Å². The first-order valence-corrected chi connectivity index (χ1v) is 5.55. The SMILES string of the molecule is OCC(F)(F)CNc1nccc2sccc12. The van der Waals surface area contributed by atoms with Gasteiger partial charge in [-0.05, 0) is 17.5 Å². The Bertz CT molecular complexity index is 486. The number of alkyl halides is 2. The molecular formula is C10H10F2N2OS. The Morgan fingerprint density at radius 3 is 3.00 bits per heavy atom. The minimum Gasteiger partial charge on any atom is -0.390 e. The maximum absolute atomic E-state index is 12.8. The standard InChI is InChI=1S/C10H10F2N2OS/c11-10(12,6-15)5-14-9-7-2-4-16-8(7)1-3-13-9/h1-4,15H,5-6H2,(H,13,14). The van der Waals surface area contributed by atoms with Crippen LogP contribution in [-0.2, 0) is 0 Å². The zero-order valence-electron chi connectivity index (χ0n) is 8.28. The monoisotopic (exact) mass is 244 g/mol. The summed E-state index contributed by atoms with van der Waals surface area (Å²) in [5.74, 6) is -2.70. The van der Waals surface area contributed by atoms with E-state index in [1.54, 1.807) is 6.20 Å². The minimum atomic E-state index is -3.13. The average molecular weight is 244 g/mol. The molecule has 0 saturated heterocycles. The Hall–Kier alpha value is -1.27. The molecule has 0 unspecified atom stereocenters. The van der Waals surface area contributed by atoms with Crippen molar-refractivity contribution in [3.8, 4) is 0 Å². The number of pyridine rings is 1. The largest absolute Gasteiger partial charge is 0.390 e. The minimum absolute atomic E-state index is 0.423. The first-order chi connectivity index (χ1) is 7.62. The van der Waals surface area contributed by atoms with E-state index in [0.717, 1.165) is 10.1 Å². The highest BCUT2D eigenvalue weighted by molar-refractivity contribution is 7.17. The molecule has 0 radical (unpaired) electrons. The van der Waals surface area contributed by atoms with Gasteiger partial charge in [-0.15, -0.1) is 11.3 Å². The van der Waals surface area contributed by atoms with Crippen LogP contribution in [0.4, 0.5) is 14.6 Å². The third-order valence-corrected chi connectivity index (χ3v) is 3.01. The van der Waals surface area contributed by atoms with Crippen molar-refractivity contribution in [1.82, 2.24) is 4.98 Å². The molecule has 2 aromatic rings. The number of nitrogens with one attached hydrogen (secondary N) is 1. The van der Waals surface area contributed by atoms with Crippen LogP contribution < -0.4 is 5.32 Å². The van der Waals surface area contributed by atoms with Gasteiger partial charge in [-0.3, -0.25) is 0 Å². The van der Waals surface area contributed by atoms with Crippen LogP contribution >= 0.6 is 11.3 Å². The van der Waals surface area contributed by atoms with Gasteiger partial charge in [-0.2, -0.15) is 0 Å². The Morgan fingerprint density at radius 2 is 2.25 bits per heavy atom. The second-order valence-electron chi connectivity index (χ2n) is 3.36. The molecular weight excluding hydrogens is 234 g/mol. The summed E-state index contributed by atoms with van der Waals surface area (Å²) in [6.07, 6.45) is 1.57. The van der Waals surface area contributed by atoms with Crippen molar-refractivity contribution in [3.63, 3.8) is 0 Å². The third kappa shape index (κ3) is 2.28. The van der Waals surface area contributed by atoms with E-state index >= 15 is 0 Å². The summed E-state index contributed by atoms with van der Waals surface area (Å²) < 4.78 is 26.6. The van der Waals surface area contributed by atoms with Gasteiger partial charge in [0.05, 0.1) is 6.54 Å². The van der Waals surface area contributed by atoms with Crippen LogP contribution in [0.25, 0.3) is 10.1 Å². The Balaban J connectivity index is 2.18. The lowest BCUT2D eigenvalue weighted by atomic mass is 10.3. The molecule has 0 bridgehead atoms. The molecule has 0 aromatic carbocycles. The Labute approximate surface area is 94.7 Å². The predicted octanol–water partition coefficient (Wildman–Crippen LogP) is 2.34. The maximum Gasteiger partial charge on any atom is 0.287 e. The molecule has 0 atom stereocenters. The van der Waals surface area contributed by atoms with Gasteiger partial charge in [-0.1, -0.05) is 0 Å². The van der Waals surface area contributed by atoms with Gasteiger partial charge >= 0.3 is 0 Å². The number of nitrogens with zero attached hydrogens (tertiary/aromatic N) is 1. The van der Waals surface area contributed by atoms with Crippen molar-refractivity contribution in [3.05, 3.63) is 23.7 Å². The molecule has 0 saturated carbocycles. The van der Waals surface area contributed by atoms with Gasteiger partial charge < -0.3 is 10.4 Å². The quantitative estimate of drug-likeness (QED) is 0.867. The predicted molar refractivity (Wildman–Crippen MR) is 60.1 cm³/mol. The normalized spacial score (nSPS) is 11.9. The van der Waals surface area contributed by atoms with E-state index in [1.807, 2.05) is 17.5 Å². The van der Waals surface area contributed by atoms with Crippen molar-refractivity contribution in [2.24, 2.45) is 0 Å². The summed E-state index contributed by atoms with van der Waals surface area (Å²) >= 11 is 1.52. The van der Waals surface area contributed by atoms with Crippen LogP contribution in [0.3, 0.4) is 0 Å². The molecule has 16 heavy (non-hydrogen) atoms. The zero-order valence-corrected chi connectivity index (χ0v) is 9.10. The van der Waals surface area contributed by atoms with Gasteiger partial charge in [0, 0.05) is 16.3 Å². The van der Waals surface area contributed by atoms with Crippen molar-refractivity contribution in [1.29, 1.82) is 0 Å². The van der Waals surface area contributed by atoms with Gasteiger partial charge in [0.15, 0.2) is 0 Å². The molecule has 0 spiro atoms. The van der Waals surface area contributed by atoms with E-state index in [1.165, 1.54) is 11.3 Å². The number of halogens is 2. The highest BCUT2D eigenvalue weighted by Gasteiger charge is 2.27. The lowest BCUT2D eigenvalue weighted by Gasteiger charge is -2.14. The van der Waals surface area contributed by atoms with E-state index in [2.05, 4.69) is 10.3 Å². The van der Waals surface area contributed by atoms with Crippen molar-refractivity contribution in [2.75, 3.05) is 18.5 Å². The molecule has 2 N–H and O–H groups in total. The number of rotatable bonds is 4. The van der Waals surface area contributed by atoms with Crippen LogP contribution in [0.2, 0.25) is 0 Å². The molecule has 2 heterocycles. The number of aliphatic hydroxyl groups excluding tert-OH is 1. The van der Waals surface area contributed by atoms with Gasteiger partial charge in [0.1, 0.15) is 12.4 Å². The summed E-state index contributed by atoms with van der Waals surface area (Å²) in [7, 11) is 0. The van der Waals surface area contributed by atoms with Crippen LogP contribution in [-0.4, -0.2) is 29.2 Å². The van der Waals surface area contributed by atoms with E-state index in [0.29, 0.717) is 5.82 Å². The Kier molecular flexibility index (Phi) is 3.02. The summed E-state index contributed by atoms with van der Waals surface area (Å²) in [4.78, 5) is 4.00. The third-order valence-electron chi connectivity index (χ3n) is 2.13. The van der Waals surface area contributed by atoms with Gasteiger partial charge in [0.2, 0.25) is 0 Å². The van der Waals surface area contributed by atoms with Gasteiger partial charge in [-0.25, -0.2) is 13.8 Å². The molecule has 2 aromatic heterocycles. The summed E-state index contributed by atoms with van der Waals surface area (Å²) in [5, 5.41) is 13.7. The molecule has 6 heteroatoms. The maximum atomic E-state index is 12.8. The van der Waals surface area contributed by atoms with Crippen LogP contribution in [0.5, 0.6) is 0 Å². The molecule has 0 aliphatic heterocycles. The number of fused-ring (bicyclic) bond motifs is 1. The van der Waals surface area contributed by atoms with E-state index < -0.39 is 19.1 Å². The first kappa shape index (κ1) is 11.2. The van der Waals surface area contributed by atoms with Crippen molar-refractivity contribution in [2.45, 2.75) is 5.92 Å². The molecule has 0 aliphatic rings.